The summed E-state index contributed by atoms with van der Waals surface area (Å²) in [4.78, 5) is 16.7. The molecule has 0 spiro atoms. The molecule has 0 atom stereocenters. The number of aryl methyl sites for hydroxylation is 1. The molecule has 0 aliphatic heterocycles. The Hall–Kier alpha value is -2.18. The molecule has 0 saturated heterocycles. The van der Waals surface area contributed by atoms with E-state index >= 15 is 0 Å². The minimum atomic E-state index is -0.0408. The molecule has 1 aromatic heterocycles. The summed E-state index contributed by atoms with van der Waals surface area (Å²) < 4.78 is 6.38. The average Bonchev–Trinajstić information content (AvgIpc) is 3.08. The number of para-hydroxylation sites is 1. The lowest BCUT2D eigenvalue weighted by Gasteiger charge is -2.05. The number of methoxy groups -OCH3 is 1. The molecular weight excluding hydrogens is 400 g/mol. The summed E-state index contributed by atoms with van der Waals surface area (Å²) in [5, 5.41) is 5.39. The molecule has 0 aliphatic rings. The number of nitrogens with zero attached hydrogens (tertiary/aromatic N) is 1. The van der Waals surface area contributed by atoms with Crippen LogP contribution in [0.25, 0.3) is 11.3 Å². The quantitative estimate of drug-likeness (QED) is 0.603. The summed E-state index contributed by atoms with van der Waals surface area (Å²) in [7, 11) is 1.63. The molecule has 25 heavy (non-hydrogen) atoms. The molecule has 1 amide bonds. The van der Waals surface area contributed by atoms with Gasteiger partial charge in [0.15, 0.2) is 5.13 Å². The highest BCUT2D eigenvalue weighted by atomic mass is 79.9. The Morgan fingerprint density at radius 2 is 2.08 bits per heavy atom. The summed E-state index contributed by atoms with van der Waals surface area (Å²) >= 11 is 4.85. The zero-order chi connectivity index (χ0) is 17.6. The Morgan fingerprint density at radius 3 is 2.88 bits per heavy atom. The third-order valence-corrected chi connectivity index (χ3v) is 4.91. The molecule has 0 unspecified atom stereocenters. The molecule has 128 valence electrons. The molecule has 0 saturated carbocycles. The van der Waals surface area contributed by atoms with Gasteiger partial charge >= 0.3 is 0 Å². The van der Waals surface area contributed by atoms with Gasteiger partial charge in [0, 0.05) is 21.8 Å². The molecule has 0 bridgehead atoms. The summed E-state index contributed by atoms with van der Waals surface area (Å²) in [6.45, 7) is 0. The van der Waals surface area contributed by atoms with Crippen LogP contribution in [0.1, 0.15) is 12.0 Å². The molecule has 3 aromatic rings. The Morgan fingerprint density at radius 1 is 1.24 bits per heavy atom. The minimum absolute atomic E-state index is 0.0408. The Kier molecular flexibility index (Phi) is 5.83. The first kappa shape index (κ1) is 17.6. The summed E-state index contributed by atoms with van der Waals surface area (Å²) in [5.41, 5.74) is 2.83. The molecular formula is C19H17BrN2O2S. The van der Waals surface area contributed by atoms with Gasteiger partial charge in [-0.05, 0) is 36.2 Å². The molecule has 0 radical (unpaired) electrons. The Bertz CT molecular complexity index is 879. The molecule has 1 N–H and O–H groups in total. The molecule has 3 rings (SSSR count). The van der Waals surface area contributed by atoms with Crippen molar-refractivity contribution in [3.63, 3.8) is 0 Å². The number of ether oxygens (including phenoxy) is 1. The van der Waals surface area contributed by atoms with Crippen LogP contribution in [0.4, 0.5) is 5.13 Å². The highest BCUT2D eigenvalue weighted by Gasteiger charge is 2.11. The van der Waals surface area contributed by atoms with E-state index in [9.17, 15) is 4.79 Å². The van der Waals surface area contributed by atoms with Gasteiger partial charge in [-0.1, -0.05) is 40.2 Å². The SMILES string of the molecule is COc1ccccc1-c1csc(NC(=O)CCc2cccc(Br)c2)n1. The lowest BCUT2D eigenvalue weighted by Crippen LogP contribution is -2.12. The largest absolute Gasteiger partial charge is 0.496 e. The van der Waals surface area contributed by atoms with Gasteiger partial charge in [0.05, 0.1) is 12.8 Å². The average molecular weight is 417 g/mol. The van der Waals surface area contributed by atoms with E-state index < -0.39 is 0 Å². The molecule has 0 fully saturated rings. The smallest absolute Gasteiger partial charge is 0.226 e. The van der Waals surface area contributed by atoms with E-state index in [2.05, 4.69) is 26.2 Å². The van der Waals surface area contributed by atoms with Crippen LogP contribution in [0, 0.1) is 0 Å². The van der Waals surface area contributed by atoms with Gasteiger partial charge in [0.1, 0.15) is 5.75 Å². The van der Waals surface area contributed by atoms with E-state index in [0.717, 1.165) is 27.0 Å². The van der Waals surface area contributed by atoms with Crippen LogP contribution in [0.3, 0.4) is 0 Å². The molecule has 2 aromatic carbocycles. The monoisotopic (exact) mass is 416 g/mol. The van der Waals surface area contributed by atoms with Crippen molar-refractivity contribution in [2.45, 2.75) is 12.8 Å². The maximum absolute atomic E-state index is 12.2. The second kappa shape index (κ2) is 8.27. The lowest BCUT2D eigenvalue weighted by molar-refractivity contribution is -0.116. The number of nitrogens with one attached hydrogen (secondary N) is 1. The summed E-state index contributed by atoms with van der Waals surface area (Å²) in [6.07, 6.45) is 1.11. The van der Waals surface area contributed by atoms with Crippen LogP contribution in [-0.4, -0.2) is 18.0 Å². The number of carbonyl (C=O) groups excluding carboxylic acids is 1. The molecule has 0 aliphatic carbocycles. The van der Waals surface area contributed by atoms with E-state index in [4.69, 9.17) is 4.74 Å². The highest BCUT2D eigenvalue weighted by Crippen LogP contribution is 2.31. The van der Waals surface area contributed by atoms with Gasteiger partial charge in [-0.2, -0.15) is 0 Å². The van der Waals surface area contributed by atoms with Crippen LogP contribution >= 0.6 is 27.3 Å². The van der Waals surface area contributed by atoms with E-state index in [1.807, 2.05) is 53.9 Å². The highest BCUT2D eigenvalue weighted by molar-refractivity contribution is 9.10. The van der Waals surface area contributed by atoms with E-state index in [1.54, 1.807) is 7.11 Å². The van der Waals surface area contributed by atoms with Crippen molar-refractivity contribution in [2.75, 3.05) is 12.4 Å². The van der Waals surface area contributed by atoms with Gasteiger partial charge in [-0.15, -0.1) is 11.3 Å². The maximum atomic E-state index is 12.2. The minimum Gasteiger partial charge on any atom is -0.496 e. The normalized spacial score (nSPS) is 10.5. The van der Waals surface area contributed by atoms with Crippen LogP contribution in [0.15, 0.2) is 58.4 Å². The van der Waals surface area contributed by atoms with Crippen LogP contribution in [0.2, 0.25) is 0 Å². The summed E-state index contributed by atoms with van der Waals surface area (Å²) in [6, 6.07) is 15.7. The van der Waals surface area contributed by atoms with Crippen molar-refractivity contribution < 1.29 is 9.53 Å². The van der Waals surface area contributed by atoms with Crippen molar-refractivity contribution in [3.8, 4) is 17.0 Å². The van der Waals surface area contributed by atoms with Crippen molar-refractivity contribution in [3.05, 3.63) is 63.9 Å². The third kappa shape index (κ3) is 4.67. The molecule has 4 nitrogen and oxygen atoms in total. The molecule has 6 heteroatoms. The van der Waals surface area contributed by atoms with Gasteiger partial charge < -0.3 is 10.1 Å². The summed E-state index contributed by atoms with van der Waals surface area (Å²) in [5.74, 6) is 0.723. The van der Waals surface area contributed by atoms with Gasteiger partial charge in [0.25, 0.3) is 0 Å². The fourth-order valence-corrected chi connectivity index (χ4v) is 3.62. The topological polar surface area (TPSA) is 51.2 Å². The van der Waals surface area contributed by atoms with Crippen LogP contribution in [-0.2, 0) is 11.2 Å². The molecule has 1 heterocycles. The number of anilines is 1. The lowest BCUT2D eigenvalue weighted by atomic mass is 10.1. The van der Waals surface area contributed by atoms with E-state index in [1.165, 1.54) is 11.3 Å². The fourth-order valence-electron chi connectivity index (χ4n) is 2.44. The second-order valence-corrected chi connectivity index (χ2v) is 7.19. The maximum Gasteiger partial charge on any atom is 0.226 e. The van der Waals surface area contributed by atoms with Gasteiger partial charge in [-0.3, -0.25) is 4.79 Å². The predicted octanol–water partition coefficient (Wildman–Crippen LogP) is 5.15. The first-order valence-electron chi connectivity index (χ1n) is 7.79. The van der Waals surface area contributed by atoms with E-state index in [-0.39, 0.29) is 5.91 Å². The van der Waals surface area contributed by atoms with Crippen LogP contribution in [0.5, 0.6) is 5.75 Å². The number of aromatic nitrogens is 1. The zero-order valence-electron chi connectivity index (χ0n) is 13.7. The number of hydrogen-bond acceptors (Lipinski definition) is 4. The third-order valence-electron chi connectivity index (χ3n) is 3.66. The van der Waals surface area contributed by atoms with Gasteiger partial charge in [0.2, 0.25) is 5.91 Å². The Labute approximate surface area is 159 Å². The zero-order valence-corrected chi connectivity index (χ0v) is 16.1. The van der Waals surface area contributed by atoms with Crippen molar-refractivity contribution in [1.82, 2.24) is 4.98 Å². The van der Waals surface area contributed by atoms with Crippen LogP contribution < -0.4 is 10.1 Å². The van der Waals surface area contributed by atoms with E-state index in [0.29, 0.717) is 18.0 Å². The number of halogens is 1. The Balaban J connectivity index is 1.62. The number of hydrogen-bond donors (Lipinski definition) is 1. The van der Waals surface area contributed by atoms with Crippen molar-refractivity contribution >= 4 is 38.3 Å². The first-order chi connectivity index (χ1) is 12.2. The van der Waals surface area contributed by atoms with Crippen molar-refractivity contribution in [2.24, 2.45) is 0 Å². The van der Waals surface area contributed by atoms with Crippen molar-refractivity contribution in [1.29, 1.82) is 0 Å². The number of rotatable bonds is 6. The number of benzene rings is 2. The number of thiazole rings is 1. The first-order valence-corrected chi connectivity index (χ1v) is 9.46. The fraction of sp³-hybridized carbons (Fsp3) is 0.158. The second-order valence-electron chi connectivity index (χ2n) is 5.42. The number of amides is 1. The van der Waals surface area contributed by atoms with Gasteiger partial charge in [-0.25, -0.2) is 4.98 Å². The number of carbonyl (C=O) groups is 1. The standard InChI is InChI=1S/C19H17BrN2O2S/c1-24-17-8-3-2-7-15(17)16-12-25-19(21-16)22-18(23)10-9-13-5-4-6-14(20)11-13/h2-8,11-12H,9-10H2,1H3,(H,21,22,23). The predicted molar refractivity (Wildman–Crippen MR) is 105 cm³/mol.